The average molecular weight is 451 g/mol. The lowest BCUT2D eigenvalue weighted by Crippen LogP contribution is -2.39. The zero-order valence-electron chi connectivity index (χ0n) is 19.2. The molecule has 0 aliphatic carbocycles. The Morgan fingerprint density at radius 3 is 2.61 bits per heavy atom. The topological polar surface area (TPSA) is 83.2 Å². The van der Waals surface area contributed by atoms with Crippen LogP contribution in [0.3, 0.4) is 0 Å². The van der Waals surface area contributed by atoms with E-state index in [1.165, 1.54) is 0 Å². The van der Waals surface area contributed by atoms with Crippen LogP contribution in [0.25, 0.3) is 11.0 Å². The Morgan fingerprint density at radius 1 is 1.18 bits per heavy atom. The monoisotopic (exact) mass is 450 g/mol. The van der Waals surface area contributed by atoms with E-state index < -0.39 is 17.9 Å². The smallest absolute Gasteiger partial charge is 0.309 e. The number of carboxylic acids is 1. The SMILES string of the molecule is CCCN(C)C(=O)CN1C[C@@H](c2cccc3occc23)[C@H](C(=O)O)[C@H]1c1ccc(OC)cc1. The van der Waals surface area contributed by atoms with Crippen molar-refractivity contribution in [2.24, 2.45) is 5.92 Å². The third-order valence-electron chi connectivity index (χ3n) is 6.59. The quantitative estimate of drug-likeness (QED) is 0.555. The maximum atomic E-state index is 13.0. The normalized spacial score (nSPS) is 20.8. The lowest BCUT2D eigenvalue weighted by Gasteiger charge is -2.28. The summed E-state index contributed by atoms with van der Waals surface area (Å²) in [5.41, 5.74) is 2.52. The van der Waals surface area contributed by atoms with Gasteiger partial charge in [-0.05, 0) is 41.8 Å². The lowest BCUT2D eigenvalue weighted by molar-refractivity contribution is -0.143. The van der Waals surface area contributed by atoms with E-state index in [4.69, 9.17) is 9.15 Å². The predicted molar refractivity (Wildman–Crippen MR) is 125 cm³/mol. The highest BCUT2D eigenvalue weighted by Crippen LogP contribution is 2.47. The van der Waals surface area contributed by atoms with Crippen LogP contribution in [0.1, 0.15) is 36.4 Å². The fraction of sp³-hybridized carbons (Fsp3) is 0.385. The Balaban J connectivity index is 1.76. The fourth-order valence-corrected chi connectivity index (χ4v) is 5.00. The van der Waals surface area contributed by atoms with Gasteiger partial charge in [0.15, 0.2) is 0 Å². The third-order valence-corrected chi connectivity index (χ3v) is 6.59. The number of benzene rings is 2. The van der Waals surface area contributed by atoms with Crippen molar-refractivity contribution in [3.63, 3.8) is 0 Å². The summed E-state index contributed by atoms with van der Waals surface area (Å²) in [6, 6.07) is 14.6. The first kappa shape index (κ1) is 22.9. The number of aliphatic carboxylic acids is 1. The summed E-state index contributed by atoms with van der Waals surface area (Å²) < 4.78 is 10.8. The van der Waals surface area contributed by atoms with Crippen LogP contribution in [0, 0.1) is 5.92 Å². The molecule has 7 heteroatoms. The number of carbonyl (C=O) groups is 2. The first-order valence-corrected chi connectivity index (χ1v) is 11.3. The lowest BCUT2D eigenvalue weighted by atomic mass is 9.82. The molecule has 33 heavy (non-hydrogen) atoms. The van der Waals surface area contributed by atoms with Gasteiger partial charge in [0.25, 0.3) is 0 Å². The number of carboxylic acid groups (broad SMARTS) is 1. The molecule has 7 nitrogen and oxygen atoms in total. The van der Waals surface area contributed by atoms with Crippen LogP contribution in [0.2, 0.25) is 0 Å². The number of hydrogen-bond acceptors (Lipinski definition) is 5. The van der Waals surface area contributed by atoms with Gasteiger partial charge in [-0.2, -0.15) is 0 Å². The Kier molecular flexibility index (Phi) is 6.70. The Labute approximate surface area is 193 Å². The van der Waals surface area contributed by atoms with Gasteiger partial charge in [0.1, 0.15) is 11.3 Å². The van der Waals surface area contributed by atoms with Crippen LogP contribution in [-0.2, 0) is 9.59 Å². The van der Waals surface area contributed by atoms with Crippen LogP contribution in [0.4, 0.5) is 0 Å². The maximum Gasteiger partial charge on any atom is 0.309 e. The molecule has 1 aromatic heterocycles. The molecule has 1 fully saturated rings. The number of likely N-dealkylation sites (tertiary alicyclic amines) is 1. The summed E-state index contributed by atoms with van der Waals surface area (Å²) in [5, 5.41) is 11.3. The Bertz CT molecular complexity index is 1120. The van der Waals surface area contributed by atoms with Gasteiger partial charge in [-0.15, -0.1) is 0 Å². The van der Waals surface area contributed by atoms with Gasteiger partial charge in [-0.3, -0.25) is 14.5 Å². The first-order valence-electron chi connectivity index (χ1n) is 11.3. The molecule has 3 atom stereocenters. The zero-order valence-corrected chi connectivity index (χ0v) is 19.2. The molecule has 1 saturated heterocycles. The number of likely N-dealkylation sites (N-methyl/N-ethyl adjacent to an activating group) is 1. The van der Waals surface area contributed by atoms with E-state index in [2.05, 4.69) is 0 Å². The first-order chi connectivity index (χ1) is 15.9. The second-order valence-corrected chi connectivity index (χ2v) is 8.61. The van der Waals surface area contributed by atoms with E-state index in [-0.39, 0.29) is 18.4 Å². The van der Waals surface area contributed by atoms with Gasteiger partial charge in [0, 0.05) is 37.5 Å². The van der Waals surface area contributed by atoms with Gasteiger partial charge < -0.3 is 19.2 Å². The van der Waals surface area contributed by atoms with E-state index >= 15 is 0 Å². The minimum Gasteiger partial charge on any atom is -0.497 e. The van der Waals surface area contributed by atoms with Crippen molar-refractivity contribution in [2.75, 3.05) is 33.8 Å². The van der Waals surface area contributed by atoms with Crippen molar-refractivity contribution in [3.05, 3.63) is 65.9 Å². The van der Waals surface area contributed by atoms with Gasteiger partial charge in [-0.25, -0.2) is 0 Å². The van der Waals surface area contributed by atoms with E-state index in [0.717, 1.165) is 28.5 Å². The summed E-state index contributed by atoms with van der Waals surface area (Å²) in [5.74, 6) is -1.20. The highest BCUT2D eigenvalue weighted by atomic mass is 16.5. The maximum absolute atomic E-state index is 13.0. The minimum atomic E-state index is -0.877. The highest BCUT2D eigenvalue weighted by molar-refractivity contribution is 5.84. The van der Waals surface area contributed by atoms with E-state index in [1.54, 1.807) is 25.3 Å². The number of carbonyl (C=O) groups excluding carboxylic acids is 1. The van der Waals surface area contributed by atoms with E-state index in [9.17, 15) is 14.7 Å². The number of furan rings is 1. The van der Waals surface area contributed by atoms with Gasteiger partial charge in [-0.1, -0.05) is 31.2 Å². The standard InChI is InChI=1S/C26H30N2O5/c1-4-13-27(2)23(29)16-28-15-21(19-6-5-7-22-20(19)12-14-33-22)24(26(30)31)25(28)17-8-10-18(32-3)11-9-17/h5-12,14,21,24-25H,4,13,15-16H2,1-3H3,(H,30,31)/t21-,24-,25+/m0/s1. The molecular weight excluding hydrogens is 420 g/mol. The van der Waals surface area contributed by atoms with Crippen molar-refractivity contribution >= 4 is 22.8 Å². The number of methoxy groups -OCH3 is 1. The number of fused-ring (bicyclic) bond motifs is 1. The predicted octanol–water partition coefficient (Wildman–Crippen LogP) is 4.15. The third kappa shape index (κ3) is 4.46. The average Bonchev–Trinajstić information content (AvgIpc) is 3.44. The molecule has 3 aromatic rings. The zero-order chi connectivity index (χ0) is 23.5. The molecule has 0 saturated carbocycles. The summed E-state index contributed by atoms with van der Waals surface area (Å²) in [6.45, 7) is 3.32. The molecule has 2 heterocycles. The number of ether oxygens (including phenoxy) is 1. The van der Waals surface area contributed by atoms with E-state index in [1.807, 2.05) is 60.4 Å². The number of rotatable bonds is 8. The fourth-order valence-electron chi connectivity index (χ4n) is 5.00. The van der Waals surface area contributed by atoms with Crippen molar-refractivity contribution in [2.45, 2.75) is 25.3 Å². The van der Waals surface area contributed by atoms with Crippen molar-refractivity contribution in [3.8, 4) is 5.75 Å². The molecule has 1 aliphatic heterocycles. The molecule has 1 amide bonds. The molecule has 174 valence electrons. The minimum absolute atomic E-state index is 0.0123. The summed E-state index contributed by atoms with van der Waals surface area (Å²) in [6.07, 6.45) is 2.49. The van der Waals surface area contributed by atoms with Crippen molar-refractivity contribution in [1.29, 1.82) is 0 Å². The van der Waals surface area contributed by atoms with Crippen LogP contribution >= 0.6 is 0 Å². The molecular formula is C26H30N2O5. The van der Waals surface area contributed by atoms with Crippen molar-refractivity contribution in [1.82, 2.24) is 9.80 Å². The second-order valence-electron chi connectivity index (χ2n) is 8.61. The molecule has 0 unspecified atom stereocenters. The molecule has 2 aromatic carbocycles. The van der Waals surface area contributed by atoms with Crippen LogP contribution in [-0.4, -0.2) is 60.6 Å². The number of hydrogen-bond donors (Lipinski definition) is 1. The number of amides is 1. The molecule has 0 radical (unpaired) electrons. The van der Waals surface area contributed by atoms with E-state index in [0.29, 0.717) is 18.8 Å². The second kappa shape index (κ2) is 9.67. The molecule has 1 aliphatic rings. The largest absolute Gasteiger partial charge is 0.497 e. The van der Waals surface area contributed by atoms with Crippen LogP contribution in [0.5, 0.6) is 5.75 Å². The van der Waals surface area contributed by atoms with Crippen LogP contribution < -0.4 is 4.74 Å². The van der Waals surface area contributed by atoms with Gasteiger partial charge in [0.2, 0.25) is 5.91 Å². The Morgan fingerprint density at radius 2 is 1.94 bits per heavy atom. The Hall–Kier alpha value is -3.32. The van der Waals surface area contributed by atoms with Gasteiger partial charge in [0.05, 0.1) is 25.8 Å². The van der Waals surface area contributed by atoms with Crippen LogP contribution in [0.15, 0.2) is 59.2 Å². The summed E-state index contributed by atoms with van der Waals surface area (Å²) in [4.78, 5) is 29.3. The molecule has 0 spiro atoms. The highest BCUT2D eigenvalue weighted by Gasteiger charge is 2.48. The summed E-state index contributed by atoms with van der Waals surface area (Å²) in [7, 11) is 3.39. The van der Waals surface area contributed by atoms with Crippen molar-refractivity contribution < 1.29 is 23.8 Å². The molecule has 1 N–H and O–H groups in total. The number of nitrogens with zero attached hydrogens (tertiary/aromatic N) is 2. The summed E-state index contributed by atoms with van der Waals surface area (Å²) >= 11 is 0. The molecule has 0 bridgehead atoms. The van der Waals surface area contributed by atoms with Gasteiger partial charge >= 0.3 is 5.97 Å². The molecule has 4 rings (SSSR count).